The molecule has 1 amide bonds. The smallest absolute Gasteiger partial charge is 0.223 e. The molecule has 17 heavy (non-hydrogen) atoms. The number of nitrogens with one attached hydrogen (secondary N) is 1. The van der Waals surface area contributed by atoms with Crippen LogP contribution in [0.4, 0.5) is 0 Å². The topological polar surface area (TPSA) is 29.1 Å². The lowest BCUT2D eigenvalue weighted by Crippen LogP contribution is -2.28. The van der Waals surface area contributed by atoms with E-state index in [2.05, 4.69) is 12.2 Å². The SMILES string of the molecule is C[C@H](NC(=O)[C@H]1C[C@H]1C)c1ccc(Cl)cc1Cl. The van der Waals surface area contributed by atoms with E-state index in [9.17, 15) is 4.79 Å². The van der Waals surface area contributed by atoms with Crippen LogP contribution in [0.5, 0.6) is 0 Å². The Balaban J connectivity index is 2.04. The molecule has 1 aromatic carbocycles. The van der Waals surface area contributed by atoms with Crippen molar-refractivity contribution in [2.75, 3.05) is 0 Å². The van der Waals surface area contributed by atoms with Crippen LogP contribution in [-0.2, 0) is 4.79 Å². The summed E-state index contributed by atoms with van der Waals surface area (Å²) in [4.78, 5) is 11.8. The van der Waals surface area contributed by atoms with Crippen molar-refractivity contribution in [1.29, 1.82) is 0 Å². The van der Waals surface area contributed by atoms with E-state index in [0.717, 1.165) is 12.0 Å². The van der Waals surface area contributed by atoms with Crippen LogP contribution in [0.2, 0.25) is 10.0 Å². The molecule has 1 aliphatic rings. The molecule has 1 aliphatic carbocycles. The van der Waals surface area contributed by atoms with E-state index in [-0.39, 0.29) is 17.9 Å². The van der Waals surface area contributed by atoms with Gasteiger partial charge in [-0.05, 0) is 37.0 Å². The van der Waals surface area contributed by atoms with Gasteiger partial charge in [0, 0.05) is 16.0 Å². The molecule has 2 rings (SSSR count). The standard InChI is InChI=1S/C13H15Cl2NO/c1-7-5-11(7)13(17)16-8(2)10-4-3-9(14)6-12(10)15/h3-4,6-8,11H,5H2,1-2H3,(H,16,17)/t7-,8+,11+/m1/s1. The van der Waals surface area contributed by atoms with E-state index in [1.807, 2.05) is 13.0 Å². The molecule has 0 spiro atoms. The second kappa shape index (κ2) is 4.87. The van der Waals surface area contributed by atoms with Gasteiger partial charge in [0.1, 0.15) is 0 Å². The van der Waals surface area contributed by atoms with Crippen molar-refractivity contribution < 1.29 is 4.79 Å². The van der Waals surface area contributed by atoms with Crippen molar-refractivity contribution in [2.24, 2.45) is 11.8 Å². The Morgan fingerprint density at radius 3 is 2.65 bits per heavy atom. The maximum absolute atomic E-state index is 11.8. The van der Waals surface area contributed by atoms with Crippen LogP contribution in [0.1, 0.15) is 31.9 Å². The van der Waals surface area contributed by atoms with Gasteiger partial charge in [-0.15, -0.1) is 0 Å². The molecule has 1 N–H and O–H groups in total. The number of benzene rings is 1. The Morgan fingerprint density at radius 2 is 2.12 bits per heavy atom. The van der Waals surface area contributed by atoms with Gasteiger partial charge in [-0.25, -0.2) is 0 Å². The zero-order valence-corrected chi connectivity index (χ0v) is 11.3. The van der Waals surface area contributed by atoms with Crippen molar-refractivity contribution in [3.8, 4) is 0 Å². The molecule has 1 fully saturated rings. The monoisotopic (exact) mass is 271 g/mol. The summed E-state index contributed by atoms with van der Waals surface area (Å²) in [5, 5.41) is 4.18. The molecule has 3 atom stereocenters. The van der Waals surface area contributed by atoms with Crippen LogP contribution in [0.25, 0.3) is 0 Å². The minimum atomic E-state index is -0.0833. The normalized spacial score (nSPS) is 24.2. The molecule has 0 unspecified atom stereocenters. The zero-order valence-electron chi connectivity index (χ0n) is 9.84. The van der Waals surface area contributed by atoms with Crippen LogP contribution in [-0.4, -0.2) is 5.91 Å². The summed E-state index contributed by atoms with van der Waals surface area (Å²) >= 11 is 11.9. The highest BCUT2D eigenvalue weighted by atomic mass is 35.5. The zero-order chi connectivity index (χ0) is 12.6. The predicted molar refractivity (Wildman–Crippen MR) is 70.3 cm³/mol. The second-order valence-electron chi connectivity index (χ2n) is 4.72. The molecule has 0 radical (unpaired) electrons. The Kier molecular flexibility index (Phi) is 3.64. The van der Waals surface area contributed by atoms with E-state index in [0.29, 0.717) is 16.0 Å². The van der Waals surface area contributed by atoms with Crippen LogP contribution < -0.4 is 5.32 Å². The molecule has 0 heterocycles. The van der Waals surface area contributed by atoms with Crippen LogP contribution in [0, 0.1) is 11.8 Å². The third-order valence-electron chi connectivity index (χ3n) is 3.23. The highest BCUT2D eigenvalue weighted by Crippen LogP contribution is 2.38. The molecular formula is C13H15Cl2NO. The average Bonchev–Trinajstić information content (AvgIpc) is 2.95. The van der Waals surface area contributed by atoms with Gasteiger partial charge < -0.3 is 5.32 Å². The number of halogens is 2. The molecule has 1 aromatic rings. The predicted octanol–water partition coefficient (Wildman–Crippen LogP) is 3.83. The minimum Gasteiger partial charge on any atom is -0.349 e. The third-order valence-corrected chi connectivity index (χ3v) is 3.80. The van der Waals surface area contributed by atoms with Gasteiger partial charge in [0.05, 0.1) is 6.04 Å². The van der Waals surface area contributed by atoms with Crippen LogP contribution >= 0.6 is 23.2 Å². The summed E-state index contributed by atoms with van der Waals surface area (Å²) in [6, 6.07) is 5.25. The summed E-state index contributed by atoms with van der Waals surface area (Å²) in [5.41, 5.74) is 0.901. The van der Waals surface area contributed by atoms with Crippen LogP contribution in [0.3, 0.4) is 0 Å². The molecule has 2 nitrogen and oxygen atoms in total. The molecule has 4 heteroatoms. The fourth-order valence-electron chi connectivity index (χ4n) is 1.94. The first kappa shape index (κ1) is 12.7. The minimum absolute atomic E-state index is 0.0833. The van der Waals surface area contributed by atoms with Gasteiger partial charge >= 0.3 is 0 Å². The Morgan fingerprint density at radius 1 is 1.47 bits per heavy atom. The van der Waals surface area contributed by atoms with Gasteiger partial charge in [-0.2, -0.15) is 0 Å². The van der Waals surface area contributed by atoms with E-state index in [1.54, 1.807) is 12.1 Å². The summed E-state index contributed by atoms with van der Waals surface area (Å²) in [6.45, 7) is 4.02. The lowest BCUT2D eigenvalue weighted by atomic mass is 10.1. The lowest BCUT2D eigenvalue weighted by Gasteiger charge is -2.15. The van der Waals surface area contributed by atoms with Gasteiger partial charge in [-0.3, -0.25) is 4.79 Å². The Hall–Kier alpha value is -0.730. The first-order valence-electron chi connectivity index (χ1n) is 5.74. The largest absolute Gasteiger partial charge is 0.349 e. The number of carbonyl (C=O) groups is 1. The quantitative estimate of drug-likeness (QED) is 0.890. The highest BCUT2D eigenvalue weighted by molar-refractivity contribution is 6.35. The third kappa shape index (κ3) is 2.93. The highest BCUT2D eigenvalue weighted by Gasteiger charge is 2.39. The maximum Gasteiger partial charge on any atom is 0.223 e. The lowest BCUT2D eigenvalue weighted by molar-refractivity contribution is -0.123. The van der Waals surface area contributed by atoms with Crippen molar-refractivity contribution in [2.45, 2.75) is 26.3 Å². The van der Waals surface area contributed by atoms with Gasteiger partial charge in [-0.1, -0.05) is 36.2 Å². The number of rotatable bonds is 3. The van der Waals surface area contributed by atoms with E-state index < -0.39 is 0 Å². The molecule has 0 aliphatic heterocycles. The average molecular weight is 272 g/mol. The van der Waals surface area contributed by atoms with Gasteiger partial charge in [0.15, 0.2) is 0 Å². The van der Waals surface area contributed by atoms with Crippen LogP contribution in [0.15, 0.2) is 18.2 Å². The number of hydrogen-bond acceptors (Lipinski definition) is 1. The Bertz CT molecular complexity index is 447. The summed E-state index contributed by atoms with van der Waals surface area (Å²) in [6.07, 6.45) is 0.993. The van der Waals surface area contributed by atoms with Crippen molar-refractivity contribution in [3.05, 3.63) is 33.8 Å². The summed E-state index contributed by atoms with van der Waals surface area (Å²) in [7, 11) is 0. The van der Waals surface area contributed by atoms with Gasteiger partial charge in [0.25, 0.3) is 0 Å². The van der Waals surface area contributed by atoms with Crippen molar-refractivity contribution in [1.82, 2.24) is 5.32 Å². The number of hydrogen-bond donors (Lipinski definition) is 1. The van der Waals surface area contributed by atoms with E-state index >= 15 is 0 Å². The van der Waals surface area contributed by atoms with E-state index in [4.69, 9.17) is 23.2 Å². The van der Waals surface area contributed by atoms with Crippen molar-refractivity contribution in [3.63, 3.8) is 0 Å². The molecule has 0 aromatic heterocycles. The molecule has 1 saturated carbocycles. The first-order chi connectivity index (χ1) is 7.99. The summed E-state index contributed by atoms with van der Waals surface area (Å²) in [5.74, 6) is 0.822. The Labute approximate surface area is 111 Å². The fourth-order valence-corrected chi connectivity index (χ4v) is 2.51. The molecule has 0 saturated heterocycles. The number of carbonyl (C=O) groups excluding carboxylic acids is 1. The van der Waals surface area contributed by atoms with Gasteiger partial charge in [0.2, 0.25) is 5.91 Å². The van der Waals surface area contributed by atoms with Crippen molar-refractivity contribution >= 4 is 29.1 Å². The van der Waals surface area contributed by atoms with E-state index in [1.165, 1.54) is 0 Å². The number of amides is 1. The first-order valence-corrected chi connectivity index (χ1v) is 6.50. The molecular weight excluding hydrogens is 257 g/mol. The maximum atomic E-state index is 11.8. The fraction of sp³-hybridized carbons (Fsp3) is 0.462. The summed E-state index contributed by atoms with van der Waals surface area (Å²) < 4.78 is 0. The second-order valence-corrected chi connectivity index (χ2v) is 5.56. The molecule has 0 bridgehead atoms. The molecule has 92 valence electrons.